The summed E-state index contributed by atoms with van der Waals surface area (Å²) in [4.78, 5) is 12.9. The molecule has 92 valence electrons. The van der Waals surface area contributed by atoms with Crippen LogP contribution in [0.1, 0.15) is 30.6 Å². The van der Waals surface area contributed by atoms with E-state index in [4.69, 9.17) is 0 Å². The molecule has 17 heavy (non-hydrogen) atoms. The summed E-state index contributed by atoms with van der Waals surface area (Å²) in [7, 11) is 0. The molecule has 2 nitrogen and oxygen atoms in total. The third-order valence-electron chi connectivity index (χ3n) is 3.74. The van der Waals surface area contributed by atoms with E-state index in [0.29, 0.717) is 23.7 Å². The van der Waals surface area contributed by atoms with Gasteiger partial charge in [-0.2, -0.15) is 0 Å². The summed E-state index contributed by atoms with van der Waals surface area (Å²) in [5.41, 5.74) is 1.23. The van der Waals surface area contributed by atoms with Crippen LogP contribution in [0.2, 0.25) is 0 Å². The average molecular weight is 235 g/mol. The molecule has 0 amide bonds. The standard InChI is InChI=1S/C14H18FNO/c1-10-3-4-16(8-11(10)2)14-6-12(9-17)5-13(15)7-14/h5-7,9-11H,3-4,8H2,1-2H3. The van der Waals surface area contributed by atoms with E-state index in [1.807, 2.05) is 0 Å². The van der Waals surface area contributed by atoms with Crippen LogP contribution in [0.25, 0.3) is 0 Å². The van der Waals surface area contributed by atoms with E-state index in [1.165, 1.54) is 12.1 Å². The van der Waals surface area contributed by atoms with Crippen LogP contribution in [0.4, 0.5) is 10.1 Å². The molecule has 2 unspecified atom stereocenters. The molecular weight excluding hydrogens is 217 g/mol. The first kappa shape index (κ1) is 12.1. The predicted octanol–water partition coefficient (Wildman–Crippen LogP) is 3.12. The van der Waals surface area contributed by atoms with E-state index in [-0.39, 0.29) is 5.82 Å². The second-order valence-corrected chi connectivity index (χ2v) is 5.05. The van der Waals surface area contributed by atoms with Gasteiger partial charge < -0.3 is 4.90 Å². The Balaban J connectivity index is 2.22. The fraction of sp³-hybridized carbons (Fsp3) is 0.500. The molecular formula is C14H18FNO. The minimum Gasteiger partial charge on any atom is -0.371 e. The molecule has 0 bridgehead atoms. The number of rotatable bonds is 2. The van der Waals surface area contributed by atoms with E-state index >= 15 is 0 Å². The lowest BCUT2D eigenvalue weighted by Crippen LogP contribution is -2.38. The molecule has 2 atom stereocenters. The topological polar surface area (TPSA) is 20.3 Å². The fourth-order valence-electron chi connectivity index (χ4n) is 2.34. The lowest BCUT2D eigenvalue weighted by atomic mass is 9.88. The summed E-state index contributed by atoms with van der Waals surface area (Å²) >= 11 is 0. The van der Waals surface area contributed by atoms with Gasteiger partial charge in [0.05, 0.1) is 0 Å². The maximum Gasteiger partial charge on any atom is 0.150 e. The van der Waals surface area contributed by atoms with E-state index < -0.39 is 0 Å². The van der Waals surface area contributed by atoms with Crippen molar-refractivity contribution in [3.63, 3.8) is 0 Å². The Kier molecular flexibility index (Phi) is 3.46. The molecule has 1 fully saturated rings. The monoisotopic (exact) mass is 235 g/mol. The minimum atomic E-state index is -0.337. The summed E-state index contributed by atoms with van der Waals surface area (Å²) in [5, 5.41) is 0. The van der Waals surface area contributed by atoms with Gasteiger partial charge in [0.15, 0.2) is 0 Å². The van der Waals surface area contributed by atoms with Crippen molar-refractivity contribution in [1.82, 2.24) is 0 Å². The van der Waals surface area contributed by atoms with Crippen molar-refractivity contribution in [3.05, 3.63) is 29.6 Å². The molecule has 2 rings (SSSR count). The SMILES string of the molecule is CC1CCN(c2cc(F)cc(C=O)c2)CC1C. The highest BCUT2D eigenvalue weighted by Gasteiger charge is 2.23. The maximum atomic E-state index is 13.4. The predicted molar refractivity (Wildman–Crippen MR) is 66.9 cm³/mol. The lowest BCUT2D eigenvalue weighted by molar-refractivity contribution is 0.112. The van der Waals surface area contributed by atoms with Crippen molar-refractivity contribution in [2.75, 3.05) is 18.0 Å². The Morgan fingerprint density at radius 2 is 2.06 bits per heavy atom. The number of carbonyl (C=O) groups excluding carboxylic acids is 1. The van der Waals surface area contributed by atoms with Crippen LogP contribution in [0.15, 0.2) is 18.2 Å². The summed E-state index contributed by atoms with van der Waals surface area (Å²) in [6.45, 7) is 6.34. The highest BCUT2D eigenvalue weighted by Crippen LogP contribution is 2.27. The summed E-state index contributed by atoms with van der Waals surface area (Å²) in [6, 6.07) is 4.54. The van der Waals surface area contributed by atoms with Crippen LogP contribution in [0.3, 0.4) is 0 Å². The van der Waals surface area contributed by atoms with Gasteiger partial charge in [0.1, 0.15) is 12.1 Å². The van der Waals surface area contributed by atoms with Gasteiger partial charge in [-0.15, -0.1) is 0 Å². The van der Waals surface area contributed by atoms with E-state index in [2.05, 4.69) is 18.7 Å². The van der Waals surface area contributed by atoms with E-state index in [1.54, 1.807) is 6.07 Å². The van der Waals surface area contributed by atoms with Gasteiger partial charge in [0.2, 0.25) is 0 Å². The van der Waals surface area contributed by atoms with Gasteiger partial charge in [-0.3, -0.25) is 4.79 Å². The number of hydrogen-bond donors (Lipinski definition) is 0. The first-order chi connectivity index (χ1) is 8.10. The Bertz CT molecular complexity index is 419. The van der Waals surface area contributed by atoms with E-state index in [9.17, 15) is 9.18 Å². The zero-order chi connectivity index (χ0) is 12.4. The van der Waals surface area contributed by atoms with Crippen LogP contribution in [-0.2, 0) is 0 Å². The number of carbonyl (C=O) groups is 1. The van der Waals surface area contributed by atoms with Crippen LogP contribution >= 0.6 is 0 Å². The number of piperidine rings is 1. The number of hydrogen-bond acceptors (Lipinski definition) is 2. The van der Waals surface area contributed by atoms with Crippen molar-refractivity contribution in [2.45, 2.75) is 20.3 Å². The molecule has 1 aliphatic heterocycles. The smallest absolute Gasteiger partial charge is 0.150 e. The molecule has 3 heteroatoms. The maximum absolute atomic E-state index is 13.4. The Hall–Kier alpha value is -1.38. The fourth-order valence-corrected chi connectivity index (χ4v) is 2.34. The second kappa shape index (κ2) is 4.86. The number of halogens is 1. The first-order valence-electron chi connectivity index (χ1n) is 6.11. The Labute approximate surface area is 101 Å². The van der Waals surface area contributed by atoms with E-state index in [0.717, 1.165) is 25.2 Å². The molecule has 1 heterocycles. The van der Waals surface area contributed by atoms with Gasteiger partial charge in [0.25, 0.3) is 0 Å². The van der Waals surface area contributed by atoms with Crippen molar-refractivity contribution in [1.29, 1.82) is 0 Å². The third kappa shape index (κ3) is 2.65. The number of anilines is 1. The molecule has 0 N–H and O–H groups in total. The van der Waals surface area contributed by atoms with Gasteiger partial charge in [0, 0.05) is 24.3 Å². The Morgan fingerprint density at radius 1 is 1.29 bits per heavy atom. The summed E-state index contributed by atoms with van der Waals surface area (Å²) in [6.07, 6.45) is 1.82. The van der Waals surface area contributed by atoms with Crippen LogP contribution < -0.4 is 4.90 Å². The number of benzene rings is 1. The van der Waals surface area contributed by atoms with Gasteiger partial charge in [-0.1, -0.05) is 13.8 Å². The molecule has 0 radical (unpaired) electrons. The molecule has 1 aromatic carbocycles. The van der Waals surface area contributed by atoms with Crippen molar-refractivity contribution in [3.8, 4) is 0 Å². The normalized spacial score (nSPS) is 24.8. The van der Waals surface area contributed by atoms with Crippen molar-refractivity contribution >= 4 is 12.0 Å². The molecule has 1 saturated heterocycles. The molecule has 1 aliphatic rings. The molecule has 0 aromatic heterocycles. The van der Waals surface area contributed by atoms with Crippen molar-refractivity contribution < 1.29 is 9.18 Å². The highest BCUT2D eigenvalue weighted by atomic mass is 19.1. The highest BCUT2D eigenvalue weighted by molar-refractivity contribution is 5.77. The number of nitrogens with zero attached hydrogens (tertiary/aromatic N) is 1. The zero-order valence-corrected chi connectivity index (χ0v) is 10.3. The molecule has 0 spiro atoms. The summed E-state index contributed by atoms with van der Waals surface area (Å²) < 4.78 is 13.4. The van der Waals surface area contributed by atoms with Gasteiger partial charge in [-0.05, 0) is 36.5 Å². The zero-order valence-electron chi connectivity index (χ0n) is 10.3. The quantitative estimate of drug-likeness (QED) is 0.734. The lowest BCUT2D eigenvalue weighted by Gasteiger charge is -2.36. The molecule has 0 saturated carbocycles. The van der Waals surface area contributed by atoms with Crippen LogP contribution in [-0.4, -0.2) is 19.4 Å². The third-order valence-corrected chi connectivity index (χ3v) is 3.74. The van der Waals surface area contributed by atoms with Gasteiger partial charge >= 0.3 is 0 Å². The largest absolute Gasteiger partial charge is 0.371 e. The summed E-state index contributed by atoms with van der Waals surface area (Å²) in [5.74, 6) is 0.980. The second-order valence-electron chi connectivity index (χ2n) is 5.05. The van der Waals surface area contributed by atoms with Gasteiger partial charge in [-0.25, -0.2) is 4.39 Å². The average Bonchev–Trinajstić information content (AvgIpc) is 2.32. The first-order valence-corrected chi connectivity index (χ1v) is 6.11. The molecule has 1 aromatic rings. The molecule has 0 aliphatic carbocycles. The minimum absolute atomic E-state index is 0.337. The Morgan fingerprint density at radius 3 is 2.71 bits per heavy atom. The van der Waals surface area contributed by atoms with Crippen molar-refractivity contribution in [2.24, 2.45) is 11.8 Å². The van der Waals surface area contributed by atoms with Crippen LogP contribution in [0.5, 0.6) is 0 Å². The van der Waals surface area contributed by atoms with Crippen LogP contribution in [0, 0.1) is 17.7 Å². The number of aldehydes is 1.